The zero-order valence-corrected chi connectivity index (χ0v) is 19.7. The molecule has 7 heteroatoms. The average molecular weight is 477 g/mol. The number of amides is 2. The molecule has 2 unspecified atom stereocenters. The first kappa shape index (κ1) is 23.4. The molecule has 0 saturated heterocycles. The van der Waals surface area contributed by atoms with Gasteiger partial charge in [0.2, 0.25) is 5.91 Å². The summed E-state index contributed by atoms with van der Waals surface area (Å²) in [6, 6.07) is 16.3. The van der Waals surface area contributed by atoms with Gasteiger partial charge in [-0.05, 0) is 60.3 Å². The zero-order valence-electron chi connectivity index (χ0n) is 19.7. The molecule has 2 saturated carbocycles. The van der Waals surface area contributed by atoms with Crippen LogP contribution in [0.4, 0.5) is 4.79 Å². The summed E-state index contributed by atoms with van der Waals surface area (Å²) in [5, 5.41) is 15.1. The van der Waals surface area contributed by atoms with Gasteiger partial charge in [-0.3, -0.25) is 9.59 Å². The molecule has 0 bridgehead atoms. The molecule has 0 aromatic heterocycles. The minimum atomic E-state index is -0.815. The normalized spacial score (nSPS) is 25.0. The summed E-state index contributed by atoms with van der Waals surface area (Å²) in [5.74, 6) is -0.985. The SMILES string of the molecule is O=C(O)CC1CCCC1NC(=O)[C@@H]1CC[C@H](NC(=O)OCC2c3ccccc3-c3ccccc32)C1. The summed E-state index contributed by atoms with van der Waals surface area (Å²) < 4.78 is 5.65. The van der Waals surface area contributed by atoms with Gasteiger partial charge in [-0.15, -0.1) is 0 Å². The Morgan fingerprint density at radius 1 is 0.886 bits per heavy atom. The van der Waals surface area contributed by atoms with E-state index in [4.69, 9.17) is 9.84 Å². The van der Waals surface area contributed by atoms with Crippen molar-refractivity contribution in [1.82, 2.24) is 10.6 Å². The maximum Gasteiger partial charge on any atom is 0.407 e. The van der Waals surface area contributed by atoms with Crippen molar-refractivity contribution in [2.45, 2.75) is 62.9 Å². The van der Waals surface area contributed by atoms with E-state index in [1.54, 1.807) is 0 Å². The van der Waals surface area contributed by atoms with Crippen LogP contribution in [0.25, 0.3) is 11.1 Å². The van der Waals surface area contributed by atoms with Gasteiger partial charge in [0.1, 0.15) is 6.61 Å². The smallest absolute Gasteiger partial charge is 0.407 e. The van der Waals surface area contributed by atoms with Gasteiger partial charge in [-0.1, -0.05) is 55.0 Å². The molecule has 5 rings (SSSR count). The Labute approximate surface area is 205 Å². The number of carbonyl (C=O) groups is 3. The molecule has 3 aliphatic rings. The third kappa shape index (κ3) is 5.04. The lowest BCUT2D eigenvalue weighted by Gasteiger charge is -2.22. The molecule has 2 aromatic carbocycles. The van der Waals surface area contributed by atoms with Crippen molar-refractivity contribution in [3.63, 3.8) is 0 Å². The molecule has 2 amide bonds. The minimum absolute atomic E-state index is 0.00704. The molecule has 2 fully saturated rings. The predicted octanol–water partition coefficient (Wildman–Crippen LogP) is 4.45. The van der Waals surface area contributed by atoms with Crippen LogP contribution in [0.15, 0.2) is 48.5 Å². The van der Waals surface area contributed by atoms with Crippen molar-refractivity contribution in [3.8, 4) is 11.1 Å². The number of alkyl carbamates (subject to hydrolysis) is 1. The van der Waals surface area contributed by atoms with E-state index in [0.29, 0.717) is 12.8 Å². The highest BCUT2D eigenvalue weighted by atomic mass is 16.5. The number of rotatable bonds is 7. The number of carbonyl (C=O) groups excluding carboxylic acids is 2. The lowest BCUT2D eigenvalue weighted by molar-refractivity contribution is -0.138. The van der Waals surface area contributed by atoms with Crippen LogP contribution in [0.1, 0.15) is 62.0 Å². The highest BCUT2D eigenvalue weighted by molar-refractivity contribution is 5.80. The van der Waals surface area contributed by atoms with Crippen molar-refractivity contribution in [3.05, 3.63) is 59.7 Å². The summed E-state index contributed by atoms with van der Waals surface area (Å²) in [4.78, 5) is 36.5. The minimum Gasteiger partial charge on any atom is -0.481 e. The Hall–Kier alpha value is -3.35. The van der Waals surface area contributed by atoms with Crippen LogP contribution in [0.2, 0.25) is 0 Å². The van der Waals surface area contributed by atoms with Gasteiger partial charge in [0.05, 0.1) is 6.42 Å². The highest BCUT2D eigenvalue weighted by Gasteiger charge is 2.36. The van der Waals surface area contributed by atoms with E-state index in [1.165, 1.54) is 22.3 Å². The number of benzene rings is 2. The van der Waals surface area contributed by atoms with Gasteiger partial charge in [-0.25, -0.2) is 4.79 Å². The molecule has 3 aliphatic carbocycles. The maximum atomic E-state index is 12.8. The van der Waals surface area contributed by atoms with Crippen molar-refractivity contribution < 1.29 is 24.2 Å². The second kappa shape index (κ2) is 10.1. The molecular formula is C28H32N2O5. The molecule has 7 nitrogen and oxygen atoms in total. The summed E-state index contributed by atoms with van der Waals surface area (Å²) in [5.41, 5.74) is 4.73. The number of hydrogen-bond donors (Lipinski definition) is 3. The zero-order chi connectivity index (χ0) is 24.4. The van der Waals surface area contributed by atoms with E-state index in [1.807, 2.05) is 24.3 Å². The molecule has 0 aliphatic heterocycles. The number of nitrogens with one attached hydrogen (secondary N) is 2. The van der Waals surface area contributed by atoms with Crippen LogP contribution in [0.5, 0.6) is 0 Å². The Bertz CT molecular complexity index is 1070. The monoisotopic (exact) mass is 476 g/mol. The average Bonchev–Trinajstić information content (AvgIpc) is 3.56. The second-order valence-electron chi connectivity index (χ2n) is 10.1. The van der Waals surface area contributed by atoms with Gasteiger partial charge in [0, 0.05) is 23.9 Å². The number of ether oxygens (including phenoxy) is 1. The van der Waals surface area contributed by atoms with E-state index >= 15 is 0 Å². The van der Waals surface area contributed by atoms with Crippen LogP contribution >= 0.6 is 0 Å². The van der Waals surface area contributed by atoms with Crippen LogP contribution in [0.3, 0.4) is 0 Å². The summed E-state index contributed by atoms with van der Waals surface area (Å²) in [7, 11) is 0. The van der Waals surface area contributed by atoms with Crippen molar-refractivity contribution in [2.75, 3.05) is 6.61 Å². The molecule has 0 heterocycles. The second-order valence-corrected chi connectivity index (χ2v) is 10.1. The third-order valence-corrected chi connectivity index (χ3v) is 7.89. The molecular weight excluding hydrogens is 444 g/mol. The van der Waals surface area contributed by atoms with E-state index in [-0.39, 0.29) is 48.8 Å². The Balaban J connectivity index is 1.11. The largest absolute Gasteiger partial charge is 0.481 e. The third-order valence-electron chi connectivity index (χ3n) is 7.89. The van der Waals surface area contributed by atoms with Crippen molar-refractivity contribution in [1.29, 1.82) is 0 Å². The predicted molar refractivity (Wildman–Crippen MR) is 131 cm³/mol. The Kier molecular flexibility index (Phi) is 6.75. The first-order valence-electron chi connectivity index (χ1n) is 12.6. The first-order valence-corrected chi connectivity index (χ1v) is 12.6. The number of aliphatic carboxylic acids is 1. The number of fused-ring (bicyclic) bond motifs is 3. The number of carboxylic acid groups (broad SMARTS) is 1. The van der Waals surface area contributed by atoms with Crippen LogP contribution < -0.4 is 10.6 Å². The molecule has 0 spiro atoms. The van der Waals surface area contributed by atoms with E-state index < -0.39 is 12.1 Å². The van der Waals surface area contributed by atoms with E-state index in [9.17, 15) is 14.4 Å². The summed E-state index contributed by atoms with van der Waals surface area (Å²) in [6.45, 7) is 0.267. The fourth-order valence-electron chi connectivity index (χ4n) is 6.15. The fraction of sp³-hybridized carbons (Fsp3) is 0.464. The maximum absolute atomic E-state index is 12.8. The van der Waals surface area contributed by atoms with Crippen molar-refractivity contribution in [2.24, 2.45) is 11.8 Å². The van der Waals surface area contributed by atoms with E-state index in [2.05, 4.69) is 34.9 Å². The fourth-order valence-corrected chi connectivity index (χ4v) is 6.15. The molecule has 2 aromatic rings. The quantitative estimate of drug-likeness (QED) is 0.548. The molecule has 4 atom stereocenters. The van der Waals surface area contributed by atoms with E-state index in [0.717, 1.165) is 25.7 Å². The topological polar surface area (TPSA) is 105 Å². The van der Waals surface area contributed by atoms with Gasteiger partial charge >= 0.3 is 12.1 Å². The Morgan fingerprint density at radius 2 is 1.57 bits per heavy atom. The van der Waals surface area contributed by atoms with Gasteiger partial charge in [0.15, 0.2) is 0 Å². The lowest BCUT2D eigenvalue weighted by Crippen LogP contribution is -2.41. The van der Waals surface area contributed by atoms with Gasteiger partial charge < -0.3 is 20.5 Å². The molecule has 0 radical (unpaired) electrons. The van der Waals surface area contributed by atoms with Crippen molar-refractivity contribution >= 4 is 18.0 Å². The standard InChI is InChI=1S/C28H32N2O5/c31-26(32)15-17-6-5-11-25(17)30-27(33)18-12-13-19(14-18)29-28(34)35-16-24-22-9-3-1-7-20(22)21-8-2-4-10-23(21)24/h1-4,7-10,17-19,24-25H,5-6,11-16H2,(H,29,34)(H,30,33)(H,31,32)/t17?,18-,19+,25?/m1/s1. The molecule has 3 N–H and O–H groups in total. The van der Waals surface area contributed by atoms with Crippen LogP contribution in [-0.2, 0) is 14.3 Å². The molecule has 184 valence electrons. The van der Waals surface area contributed by atoms with Crippen LogP contribution in [-0.4, -0.2) is 41.8 Å². The lowest BCUT2D eigenvalue weighted by atomic mass is 9.98. The highest BCUT2D eigenvalue weighted by Crippen LogP contribution is 2.44. The van der Waals surface area contributed by atoms with Gasteiger partial charge in [0.25, 0.3) is 0 Å². The van der Waals surface area contributed by atoms with Crippen LogP contribution in [0, 0.1) is 11.8 Å². The molecule has 35 heavy (non-hydrogen) atoms. The first-order chi connectivity index (χ1) is 17.0. The summed E-state index contributed by atoms with van der Waals surface area (Å²) >= 11 is 0. The van der Waals surface area contributed by atoms with Gasteiger partial charge in [-0.2, -0.15) is 0 Å². The number of hydrogen-bond acceptors (Lipinski definition) is 4. The number of carboxylic acids is 1. The Morgan fingerprint density at radius 3 is 2.26 bits per heavy atom. The summed E-state index contributed by atoms with van der Waals surface area (Å²) in [6.07, 6.45) is 4.27.